The van der Waals surface area contributed by atoms with E-state index in [9.17, 15) is 0 Å². The highest BCUT2D eigenvalue weighted by Crippen LogP contribution is 2.38. The molecule has 26 heavy (non-hydrogen) atoms. The maximum absolute atomic E-state index is 6.00. The Morgan fingerprint density at radius 3 is 2.50 bits per heavy atom. The molecule has 0 radical (unpaired) electrons. The summed E-state index contributed by atoms with van der Waals surface area (Å²) in [4.78, 5) is 8.04. The number of hydroxylamine groups is 1. The number of allylic oxidation sites excluding steroid dienone is 4. The standard InChI is InChI=1S/C22H31ClN2O/c1-6-25(7-2)12-13-26-24-21-14-19(15-22(4,5)16-21)17(3)18-8-10-20(23)11-9-18/h8-11,14,16,24H,3,6-7,12-13,15H2,1-2,4-5H3. The van der Waals surface area contributed by atoms with Gasteiger partial charge in [0.25, 0.3) is 0 Å². The summed E-state index contributed by atoms with van der Waals surface area (Å²) in [5, 5.41) is 0.739. The molecule has 4 heteroatoms. The molecule has 0 fully saturated rings. The Morgan fingerprint density at radius 1 is 1.23 bits per heavy atom. The van der Waals surface area contributed by atoms with E-state index in [0.29, 0.717) is 6.61 Å². The molecule has 0 spiro atoms. The Hall–Kier alpha value is -1.55. The van der Waals surface area contributed by atoms with E-state index in [1.54, 1.807) is 0 Å². The summed E-state index contributed by atoms with van der Waals surface area (Å²) in [7, 11) is 0. The fourth-order valence-corrected chi connectivity index (χ4v) is 3.31. The Kier molecular flexibility index (Phi) is 7.51. The van der Waals surface area contributed by atoms with Gasteiger partial charge in [0.1, 0.15) is 0 Å². The van der Waals surface area contributed by atoms with Gasteiger partial charge in [0.05, 0.1) is 12.3 Å². The van der Waals surface area contributed by atoms with Crippen molar-refractivity contribution in [2.75, 3.05) is 26.2 Å². The first-order valence-electron chi connectivity index (χ1n) is 9.33. The molecule has 0 saturated heterocycles. The van der Waals surface area contributed by atoms with Gasteiger partial charge in [-0.3, -0.25) is 10.3 Å². The molecule has 2 rings (SSSR count). The van der Waals surface area contributed by atoms with Crippen LogP contribution in [-0.2, 0) is 4.84 Å². The van der Waals surface area contributed by atoms with Gasteiger partial charge in [0.15, 0.2) is 0 Å². The molecule has 0 amide bonds. The number of hydrogen-bond acceptors (Lipinski definition) is 3. The second-order valence-electron chi connectivity index (χ2n) is 7.40. The number of halogens is 1. The van der Waals surface area contributed by atoms with Crippen molar-refractivity contribution in [3.8, 4) is 0 Å². The monoisotopic (exact) mass is 374 g/mol. The Morgan fingerprint density at radius 2 is 1.88 bits per heavy atom. The van der Waals surface area contributed by atoms with Crippen LogP contribution in [0.5, 0.6) is 0 Å². The average molecular weight is 375 g/mol. The molecule has 1 aromatic rings. The maximum Gasteiger partial charge on any atom is 0.0873 e. The molecule has 1 aliphatic rings. The van der Waals surface area contributed by atoms with Gasteiger partial charge in [-0.1, -0.05) is 64.1 Å². The van der Waals surface area contributed by atoms with Gasteiger partial charge in [0, 0.05) is 11.6 Å². The third-order valence-electron chi connectivity index (χ3n) is 4.70. The van der Waals surface area contributed by atoms with Gasteiger partial charge in [-0.05, 0) is 59.8 Å². The SMILES string of the molecule is C=C(C1=CC(NOCCN(CC)CC)=CC(C)(C)C1)c1ccc(Cl)cc1. The summed E-state index contributed by atoms with van der Waals surface area (Å²) >= 11 is 6.00. The van der Waals surface area contributed by atoms with E-state index >= 15 is 0 Å². The molecule has 0 atom stereocenters. The summed E-state index contributed by atoms with van der Waals surface area (Å²) in [6.45, 7) is 16.8. The highest BCUT2D eigenvalue weighted by atomic mass is 35.5. The van der Waals surface area contributed by atoms with Gasteiger partial charge in [-0.25, -0.2) is 0 Å². The van der Waals surface area contributed by atoms with Crippen LogP contribution in [0.4, 0.5) is 0 Å². The zero-order chi connectivity index (χ0) is 19.2. The molecule has 0 bridgehead atoms. The molecule has 0 heterocycles. The zero-order valence-corrected chi connectivity index (χ0v) is 17.2. The topological polar surface area (TPSA) is 24.5 Å². The number of nitrogens with zero attached hydrogens (tertiary/aromatic N) is 1. The Labute approximate surface area is 163 Å². The van der Waals surface area contributed by atoms with E-state index in [-0.39, 0.29) is 5.41 Å². The lowest BCUT2D eigenvalue weighted by Gasteiger charge is -2.29. The van der Waals surface area contributed by atoms with Crippen molar-refractivity contribution in [3.63, 3.8) is 0 Å². The van der Waals surface area contributed by atoms with Crippen LogP contribution in [0, 0.1) is 5.41 Å². The minimum absolute atomic E-state index is 0.0456. The number of nitrogens with one attached hydrogen (secondary N) is 1. The molecule has 0 aromatic heterocycles. The lowest BCUT2D eigenvalue weighted by atomic mass is 9.78. The highest BCUT2D eigenvalue weighted by molar-refractivity contribution is 6.30. The molecule has 142 valence electrons. The van der Waals surface area contributed by atoms with Crippen LogP contribution in [0.1, 0.15) is 39.7 Å². The number of likely N-dealkylation sites (N-methyl/N-ethyl adjacent to an activating group) is 1. The van der Waals surface area contributed by atoms with Crippen LogP contribution in [0.15, 0.2) is 54.3 Å². The fourth-order valence-electron chi connectivity index (χ4n) is 3.18. The third-order valence-corrected chi connectivity index (χ3v) is 4.95. The van der Waals surface area contributed by atoms with Crippen molar-refractivity contribution in [2.24, 2.45) is 5.41 Å². The fraction of sp³-hybridized carbons (Fsp3) is 0.455. The smallest absolute Gasteiger partial charge is 0.0873 e. The molecule has 1 aliphatic carbocycles. The molecular formula is C22H31ClN2O. The van der Waals surface area contributed by atoms with Crippen LogP contribution < -0.4 is 5.48 Å². The first-order chi connectivity index (χ1) is 12.3. The van der Waals surface area contributed by atoms with Crippen LogP contribution >= 0.6 is 11.6 Å². The lowest BCUT2D eigenvalue weighted by molar-refractivity contribution is 0.0475. The van der Waals surface area contributed by atoms with Crippen molar-refractivity contribution in [3.05, 3.63) is 64.9 Å². The summed E-state index contributed by atoms with van der Waals surface area (Å²) in [5.41, 5.74) is 7.51. The van der Waals surface area contributed by atoms with Crippen LogP contribution in [-0.4, -0.2) is 31.1 Å². The number of benzene rings is 1. The van der Waals surface area contributed by atoms with E-state index in [1.807, 2.05) is 24.3 Å². The summed E-state index contributed by atoms with van der Waals surface area (Å²) in [5.74, 6) is 0. The van der Waals surface area contributed by atoms with Crippen LogP contribution in [0.2, 0.25) is 5.02 Å². The second-order valence-corrected chi connectivity index (χ2v) is 7.83. The van der Waals surface area contributed by atoms with Gasteiger partial charge >= 0.3 is 0 Å². The molecular weight excluding hydrogens is 344 g/mol. The molecule has 0 saturated carbocycles. The van der Waals surface area contributed by atoms with Crippen molar-refractivity contribution >= 4 is 17.2 Å². The van der Waals surface area contributed by atoms with Crippen LogP contribution in [0.3, 0.4) is 0 Å². The Bertz CT molecular complexity index is 670. The van der Waals surface area contributed by atoms with E-state index < -0.39 is 0 Å². The summed E-state index contributed by atoms with van der Waals surface area (Å²) in [6, 6.07) is 7.85. The first-order valence-corrected chi connectivity index (χ1v) is 9.71. The summed E-state index contributed by atoms with van der Waals surface area (Å²) < 4.78 is 0. The Balaban J connectivity index is 2.03. The largest absolute Gasteiger partial charge is 0.301 e. The van der Waals surface area contributed by atoms with Crippen LogP contribution in [0.25, 0.3) is 5.57 Å². The molecule has 0 aliphatic heterocycles. The number of rotatable bonds is 9. The summed E-state index contributed by atoms with van der Waals surface area (Å²) in [6.07, 6.45) is 5.31. The predicted molar refractivity (Wildman–Crippen MR) is 112 cm³/mol. The quantitative estimate of drug-likeness (QED) is 0.459. The molecule has 1 N–H and O–H groups in total. The molecule has 1 aromatic carbocycles. The average Bonchev–Trinajstić information content (AvgIpc) is 2.60. The van der Waals surface area contributed by atoms with E-state index in [0.717, 1.165) is 47.9 Å². The van der Waals surface area contributed by atoms with Gasteiger partial charge in [0.2, 0.25) is 0 Å². The second kappa shape index (κ2) is 9.40. The van der Waals surface area contributed by atoms with Crippen molar-refractivity contribution in [2.45, 2.75) is 34.1 Å². The number of hydrogen-bond donors (Lipinski definition) is 1. The van der Waals surface area contributed by atoms with E-state index in [2.05, 4.69) is 56.8 Å². The van der Waals surface area contributed by atoms with Crippen molar-refractivity contribution < 1.29 is 4.84 Å². The first kappa shape index (κ1) is 20.8. The van der Waals surface area contributed by atoms with E-state index in [4.69, 9.17) is 16.4 Å². The minimum atomic E-state index is 0.0456. The van der Waals surface area contributed by atoms with Gasteiger partial charge in [-0.15, -0.1) is 0 Å². The zero-order valence-electron chi connectivity index (χ0n) is 16.4. The van der Waals surface area contributed by atoms with Crippen molar-refractivity contribution in [1.82, 2.24) is 10.4 Å². The van der Waals surface area contributed by atoms with E-state index in [1.165, 1.54) is 5.57 Å². The minimum Gasteiger partial charge on any atom is -0.301 e. The van der Waals surface area contributed by atoms with Gasteiger partial charge < -0.3 is 4.90 Å². The third kappa shape index (κ3) is 6.01. The normalized spacial score (nSPS) is 16.2. The van der Waals surface area contributed by atoms with Gasteiger partial charge in [-0.2, -0.15) is 0 Å². The molecule has 0 unspecified atom stereocenters. The molecule has 3 nitrogen and oxygen atoms in total. The van der Waals surface area contributed by atoms with Crippen molar-refractivity contribution in [1.29, 1.82) is 0 Å². The predicted octanol–water partition coefficient (Wildman–Crippen LogP) is 5.46. The maximum atomic E-state index is 6.00. The highest BCUT2D eigenvalue weighted by Gasteiger charge is 2.24. The lowest BCUT2D eigenvalue weighted by Crippen LogP contribution is -2.29.